The number of carbonyl (C=O) groups is 2. The van der Waals surface area contributed by atoms with Crippen LogP contribution in [0.3, 0.4) is 0 Å². The molecular weight excluding hydrogens is 355 g/mol. The topological polar surface area (TPSA) is 105 Å². The Kier molecular flexibility index (Phi) is 5.96. The Labute approximate surface area is 146 Å². The fraction of sp³-hybridized carbons (Fsp3) is 0.375. The van der Waals surface area contributed by atoms with Gasteiger partial charge in [0, 0.05) is 11.1 Å². The fourth-order valence-corrected chi connectivity index (χ4v) is 2.13. The minimum atomic E-state index is -4.74. The highest BCUT2D eigenvalue weighted by Crippen LogP contribution is 2.29. The molecule has 1 atom stereocenters. The highest BCUT2D eigenvalue weighted by molar-refractivity contribution is 5.96. The van der Waals surface area contributed by atoms with Gasteiger partial charge in [-0.25, -0.2) is 4.79 Å². The number of amides is 1. The lowest BCUT2D eigenvalue weighted by Crippen LogP contribution is -2.40. The molecule has 1 amide bonds. The summed E-state index contributed by atoms with van der Waals surface area (Å²) in [5.41, 5.74) is 0.387. The van der Waals surface area contributed by atoms with Crippen molar-refractivity contribution in [3.63, 3.8) is 0 Å². The highest BCUT2D eigenvalue weighted by atomic mass is 19.4. The molecule has 26 heavy (non-hydrogen) atoms. The van der Waals surface area contributed by atoms with Crippen molar-refractivity contribution < 1.29 is 32.4 Å². The molecule has 1 heterocycles. The first kappa shape index (κ1) is 19.4. The third-order valence-electron chi connectivity index (χ3n) is 3.52. The third-order valence-corrected chi connectivity index (χ3v) is 3.52. The van der Waals surface area contributed by atoms with Gasteiger partial charge in [0.1, 0.15) is 6.04 Å². The first-order valence-corrected chi connectivity index (χ1v) is 7.77. The van der Waals surface area contributed by atoms with Gasteiger partial charge in [0.25, 0.3) is 5.91 Å². The van der Waals surface area contributed by atoms with Crippen molar-refractivity contribution >= 4 is 11.9 Å². The van der Waals surface area contributed by atoms with Crippen molar-refractivity contribution in [2.45, 2.75) is 38.4 Å². The maximum absolute atomic E-state index is 12.5. The van der Waals surface area contributed by atoms with E-state index in [9.17, 15) is 22.8 Å². The Morgan fingerprint density at radius 1 is 1.27 bits per heavy atom. The minimum Gasteiger partial charge on any atom is -0.480 e. The number of hydrogen-bond donors (Lipinski definition) is 2. The van der Waals surface area contributed by atoms with Gasteiger partial charge in [-0.3, -0.25) is 4.79 Å². The van der Waals surface area contributed by atoms with Gasteiger partial charge >= 0.3 is 18.0 Å². The van der Waals surface area contributed by atoms with Crippen molar-refractivity contribution in [1.29, 1.82) is 0 Å². The fourth-order valence-electron chi connectivity index (χ4n) is 2.13. The Hall–Kier alpha value is -2.91. The zero-order chi connectivity index (χ0) is 19.3. The number of rotatable bonds is 7. The summed E-state index contributed by atoms with van der Waals surface area (Å²) in [6.45, 7) is 1.90. The molecule has 0 saturated carbocycles. The van der Waals surface area contributed by atoms with Crippen molar-refractivity contribution in [3.8, 4) is 11.4 Å². The Balaban J connectivity index is 2.09. The Bertz CT molecular complexity index is 772. The van der Waals surface area contributed by atoms with E-state index in [1.807, 2.05) is 6.92 Å². The summed E-state index contributed by atoms with van der Waals surface area (Å²) >= 11 is 0. The Morgan fingerprint density at radius 3 is 2.42 bits per heavy atom. The molecule has 0 saturated heterocycles. The number of nitrogens with one attached hydrogen (secondary N) is 1. The van der Waals surface area contributed by atoms with Gasteiger partial charge in [0.05, 0.1) is 0 Å². The number of hydrogen-bond acceptors (Lipinski definition) is 5. The maximum Gasteiger partial charge on any atom is 0.471 e. The second-order valence-electron chi connectivity index (χ2n) is 5.50. The van der Waals surface area contributed by atoms with Gasteiger partial charge in [-0.2, -0.15) is 18.2 Å². The molecule has 0 fully saturated rings. The second kappa shape index (κ2) is 7.98. The average molecular weight is 371 g/mol. The van der Waals surface area contributed by atoms with Gasteiger partial charge in [-0.05, 0) is 18.6 Å². The van der Waals surface area contributed by atoms with Crippen molar-refractivity contribution in [2.24, 2.45) is 0 Å². The molecule has 2 rings (SSSR count). The summed E-state index contributed by atoms with van der Waals surface area (Å²) in [5.74, 6) is -3.45. The molecule has 10 heteroatoms. The first-order valence-electron chi connectivity index (χ1n) is 7.77. The smallest absolute Gasteiger partial charge is 0.471 e. The van der Waals surface area contributed by atoms with E-state index in [1.54, 1.807) is 0 Å². The highest BCUT2D eigenvalue weighted by Gasteiger charge is 2.38. The predicted molar refractivity (Wildman–Crippen MR) is 83.2 cm³/mol. The van der Waals surface area contributed by atoms with E-state index in [4.69, 9.17) is 5.11 Å². The van der Waals surface area contributed by atoms with Gasteiger partial charge < -0.3 is 14.9 Å². The lowest BCUT2D eigenvalue weighted by molar-refractivity contribution is -0.159. The van der Waals surface area contributed by atoms with Crippen molar-refractivity contribution in [3.05, 3.63) is 35.7 Å². The third kappa shape index (κ3) is 4.80. The molecule has 0 aliphatic rings. The number of halogens is 3. The molecule has 7 nitrogen and oxygen atoms in total. The van der Waals surface area contributed by atoms with Crippen LogP contribution in [0.5, 0.6) is 0 Å². The van der Waals surface area contributed by atoms with E-state index in [2.05, 4.69) is 20.0 Å². The lowest BCUT2D eigenvalue weighted by Gasteiger charge is -2.14. The second-order valence-corrected chi connectivity index (χ2v) is 5.50. The first-order chi connectivity index (χ1) is 12.2. The molecular formula is C16H16F3N3O4. The molecule has 1 unspecified atom stereocenters. The molecule has 2 aromatic rings. The van der Waals surface area contributed by atoms with Crippen LogP contribution in [0.15, 0.2) is 28.8 Å². The van der Waals surface area contributed by atoms with Crippen LogP contribution >= 0.6 is 0 Å². The number of carbonyl (C=O) groups excluding carboxylic acids is 1. The monoisotopic (exact) mass is 371 g/mol. The van der Waals surface area contributed by atoms with Crippen LogP contribution in [0.25, 0.3) is 11.4 Å². The zero-order valence-electron chi connectivity index (χ0n) is 13.7. The summed E-state index contributed by atoms with van der Waals surface area (Å²) in [6.07, 6.45) is -3.00. The number of nitrogens with zero attached hydrogens (tertiary/aromatic N) is 2. The van der Waals surface area contributed by atoms with Gasteiger partial charge in [0.2, 0.25) is 5.82 Å². The molecule has 0 radical (unpaired) electrons. The zero-order valence-corrected chi connectivity index (χ0v) is 13.7. The van der Waals surface area contributed by atoms with E-state index in [0.29, 0.717) is 12.8 Å². The number of benzene rings is 1. The van der Waals surface area contributed by atoms with Gasteiger partial charge in [-0.1, -0.05) is 37.1 Å². The molecule has 0 bridgehead atoms. The summed E-state index contributed by atoms with van der Waals surface area (Å²) in [7, 11) is 0. The van der Waals surface area contributed by atoms with E-state index in [0.717, 1.165) is 6.42 Å². The number of carboxylic acids is 1. The minimum absolute atomic E-state index is 0.163. The number of unbranched alkanes of at least 4 members (excludes halogenated alkanes) is 1. The largest absolute Gasteiger partial charge is 0.480 e. The Morgan fingerprint density at radius 2 is 1.92 bits per heavy atom. The summed E-state index contributed by atoms with van der Waals surface area (Å²) < 4.78 is 41.5. The number of alkyl halides is 3. The molecule has 1 aromatic carbocycles. The summed E-state index contributed by atoms with van der Waals surface area (Å²) in [6, 6.07) is 4.37. The molecule has 0 aliphatic carbocycles. The van der Waals surface area contributed by atoms with E-state index < -0.39 is 30.0 Å². The van der Waals surface area contributed by atoms with E-state index >= 15 is 0 Å². The van der Waals surface area contributed by atoms with E-state index in [-0.39, 0.29) is 17.0 Å². The lowest BCUT2D eigenvalue weighted by atomic mass is 10.1. The summed E-state index contributed by atoms with van der Waals surface area (Å²) in [5, 5.41) is 14.8. The molecule has 2 N–H and O–H groups in total. The average Bonchev–Trinajstić information content (AvgIpc) is 3.08. The molecule has 1 aromatic heterocycles. The number of aliphatic carboxylic acids is 1. The number of aromatic nitrogens is 2. The molecule has 0 aliphatic heterocycles. The van der Waals surface area contributed by atoms with Crippen LogP contribution in [-0.4, -0.2) is 33.2 Å². The van der Waals surface area contributed by atoms with Crippen LogP contribution in [0, 0.1) is 0 Å². The number of carboxylic acid groups (broad SMARTS) is 1. The van der Waals surface area contributed by atoms with Crippen LogP contribution in [0.1, 0.15) is 42.4 Å². The van der Waals surface area contributed by atoms with E-state index in [1.165, 1.54) is 24.3 Å². The van der Waals surface area contributed by atoms with Crippen LogP contribution in [0.2, 0.25) is 0 Å². The van der Waals surface area contributed by atoms with Crippen molar-refractivity contribution in [1.82, 2.24) is 15.5 Å². The van der Waals surface area contributed by atoms with Gasteiger partial charge in [-0.15, -0.1) is 0 Å². The van der Waals surface area contributed by atoms with Crippen LogP contribution in [-0.2, 0) is 11.0 Å². The molecule has 140 valence electrons. The predicted octanol–water partition coefficient (Wildman–Crippen LogP) is 3.13. The standard InChI is InChI=1S/C16H16F3N3O4/c1-2-3-4-11(14(24)25)20-13(23)10-7-5-9(6-8-10)12-21-15(26-22-12)16(17,18)19/h5-8,11H,2-4H2,1H3,(H,20,23)(H,24,25). The quantitative estimate of drug-likeness (QED) is 0.775. The molecule has 0 spiro atoms. The van der Waals surface area contributed by atoms with Crippen LogP contribution < -0.4 is 5.32 Å². The maximum atomic E-state index is 12.5. The SMILES string of the molecule is CCCCC(NC(=O)c1ccc(-c2noc(C(F)(F)F)n2)cc1)C(=O)O. The summed E-state index contributed by atoms with van der Waals surface area (Å²) in [4.78, 5) is 26.5. The van der Waals surface area contributed by atoms with Crippen LogP contribution in [0.4, 0.5) is 13.2 Å². The van der Waals surface area contributed by atoms with Crippen molar-refractivity contribution in [2.75, 3.05) is 0 Å². The normalized spacial score (nSPS) is 12.6. The van der Waals surface area contributed by atoms with Gasteiger partial charge in [0.15, 0.2) is 0 Å².